The summed E-state index contributed by atoms with van der Waals surface area (Å²) in [6.45, 7) is 10.3. The highest BCUT2D eigenvalue weighted by atomic mass is 16.5. The molecule has 128 valence electrons. The van der Waals surface area contributed by atoms with Crippen LogP contribution in [-0.2, 0) is 10.3 Å². The summed E-state index contributed by atoms with van der Waals surface area (Å²) in [6, 6.07) is 3.48. The largest absolute Gasteiger partial charge is 0.497 e. The number of pyridine rings is 1. The van der Waals surface area contributed by atoms with Crippen LogP contribution in [0.15, 0.2) is 48.3 Å². The van der Waals surface area contributed by atoms with Crippen LogP contribution in [0.2, 0.25) is 0 Å². The lowest BCUT2D eigenvalue weighted by molar-refractivity contribution is 0.0643. The van der Waals surface area contributed by atoms with Crippen LogP contribution >= 0.6 is 0 Å². The third-order valence-corrected chi connectivity index (χ3v) is 4.17. The van der Waals surface area contributed by atoms with Gasteiger partial charge in [0, 0.05) is 12.6 Å². The van der Waals surface area contributed by atoms with Crippen molar-refractivity contribution in [2.75, 3.05) is 20.8 Å². The monoisotopic (exact) mass is 328 g/mol. The molecule has 0 atom stereocenters. The third kappa shape index (κ3) is 3.20. The molecule has 5 nitrogen and oxygen atoms in total. The van der Waals surface area contributed by atoms with Crippen LogP contribution in [0.25, 0.3) is 0 Å². The molecule has 1 aliphatic rings. The van der Waals surface area contributed by atoms with E-state index in [1.807, 2.05) is 39.0 Å². The van der Waals surface area contributed by atoms with Gasteiger partial charge in [-0.3, -0.25) is 4.79 Å². The average Bonchev–Trinajstić information content (AvgIpc) is 2.76. The second-order valence-electron chi connectivity index (χ2n) is 6.09. The maximum Gasteiger partial charge on any atom is 0.256 e. The standard InChI is InChI=1S/C19H24N2O3/c1-7-14(23-5)9-8-13(2)12-21-18(22)15-10-11-16(24-6)20-17(15)19(21,3)4/h7-11H,2,12H2,1,3-6H3/b9-8-,14-7+. The fraction of sp³-hybridized carbons (Fsp3) is 0.368. The van der Waals surface area contributed by atoms with E-state index >= 15 is 0 Å². The number of rotatable bonds is 6. The molecule has 24 heavy (non-hydrogen) atoms. The number of hydrogen-bond acceptors (Lipinski definition) is 4. The molecule has 1 amide bonds. The predicted molar refractivity (Wildman–Crippen MR) is 93.9 cm³/mol. The highest BCUT2D eigenvalue weighted by molar-refractivity contribution is 5.99. The number of ether oxygens (including phenoxy) is 2. The molecule has 2 rings (SSSR count). The van der Waals surface area contributed by atoms with E-state index in [2.05, 4.69) is 11.6 Å². The Balaban J connectivity index is 2.23. The highest BCUT2D eigenvalue weighted by Crippen LogP contribution is 2.38. The van der Waals surface area contributed by atoms with Gasteiger partial charge in [0.15, 0.2) is 0 Å². The number of nitrogens with zero attached hydrogens (tertiary/aromatic N) is 2. The Hall–Kier alpha value is -2.56. The van der Waals surface area contributed by atoms with Crippen molar-refractivity contribution in [3.8, 4) is 5.88 Å². The molecule has 0 N–H and O–H groups in total. The van der Waals surface area contributed by atoms with E-state index < -0.39 is 5.54 Å². The molecule has 0 unspecified atom stereocenters. The number of amides is 1. The van der Waals surface area contributed by atoms with Crippen molar-refractivity contribution in [2.24, 2.45) is 0 Å². The summed E-state index contributed by atoms with van der Waals surface area (Å²) < 4.78 is 10.4. The van der Waals surface area contributed by atoms with Gasteiger partial charge in [0.25, 0.3) is 5.91 Å². The third-order valence-electron chi connectivity index (χ3n) is 4.17. The van der Waals surface area contributed by atoms with Gasteiger partial charge < -0.3 is 14.4 Å². The molecular weight excluding hydrogens is 304 g/mol. The van der Waals surface area contributed by atoms with Crippen LogP contribution in [0.4, 0.5) is 0 Å². The summed E-state index contributed by atoms with van der Waals surface area (Å²) in [5.74, 6) is 1.21. The predicted octanol–water partition coefficient (Wildman–Crippen LogP) is 3.44. The molecular formula is C19H24N2O3. The normalized spacial score (nSPS) is 16.5. The van der Waals surface area contributed by atoms with E-state index in [4.69, 9.17) is 9.47 Å². The Morgan fingerprint density at radius 1 is 1.33 bits per heavy atom. The van der Waals surface area contributed by atoms with E-state index in [-0.39, 0.29) is 5.91 Å². The van der Waals surface area contributed by atoms with E-state index in [1.54, 1.807) is 31.3 Å². The topological polar surface area (TPSA) is 51.7 Å². The van der Waals surface area contributed by atoms with Crippen LogP contribution in [-0.4, -0.2) is 36.6 Å². The van der Waals surface area contributed by atoms with Crippen LogP contribution in [0, 0.1) is 0 Å². The molecule has 0 spiro atoms. The highest BCUT2D eigenvalue weighted by Gasteiger charge is 2.44. The van der Waals surface area contributed by atoms with Gasteiger partial charge in [-0.2, -0.15) is 0 Å². The van der Waals surface area contributed by atoms with E-state index in [0.717, 1.165) is 17.0 Å². The van der Waals surface area contributed by atoms with Crippen molar-refractivity contribution < 1.29 is 14.3 Å². The average molecular weight is 328 g/mol. The number of hydrogen-bond donors (Lipinski definition) is 0. The van der Waals surface area contributed by atoms with Crippen molar-refractivity contribution in [3.05, 3.63) is 59.5 Å². The fourth-order valence-corrected chi connectivity index (χ4v) is 2.73. The van der Waals surface area contributed by atoms with Crippen LogP contribution in [0.5, 0.6) is 5.88 Å². The molecule has 2 heterocycles. The molecule has 5 heteroatoms. The second kappa shape index (κ2) is 6.91. The van der Waals surface area contributed by atoms with Crippen molar-refractivity contribution >= 4 is 5.91 Å². The van der Waals surface area contributed by atoms with Gasteiger partial charge in [0.2, 0.25) is 5.88 Å². The summed E-state index contributed by atoms with van der Waals surface area (Å²) in [5.41, 5.74) is 1.63. The summed E-state index contributed by atoms with van der Waals surface area (Å²) in [6.07, 6.45) is 5.56. The molecule has 0 bridgehead atoms. The van der Waals surface area contributed by atoms with Gasteiger partial charge in [0.1, 0.15) is 5.76 Å². The van der Waals surface area contributed by atoms with Crippen LogP contribution in [0.3, 0.4) is 0 Å². The van der Waals surface area contributed by atoms with E-state index in [0.29, 0.717) is 18.0 Å². The first-order valence-electron chi connectivity index (χ1n) is 7.78. The number of fused-ring (bicyclic) bond motifs is 1. The molecule has 1 aliphatic heterocycles. The maximum absolute atomic E-state index is 12.7. The van der Waals surface area contributed by atoms with Crippen LogP contribution in [0.1, 0.15) is 36.8 Å². The first-order valence-corrected chi connectivity index (χ1v) is 7.78. The summed E-state index contributed by atoms with van der Waals surface area (Å²) in [5, 5.41) is 0. The Morgan fingerprint density at radius 3 is 2.62 bits per heavy atom. The van der Waals surface area contributed by atoms with Gasteiger partial charge >= 0.3 is 0 Å². The van der Waals surface area contributed by atoms with Crippen molar-refractivity contribution in [2.45, 2.75) is 26.3 Å². The number of aromatic nitrogens is 1. The van der Waals surface area contributed by atoms with Crippen LogP contribution < -0.4 is 4.74 Å². The zero-order valence-electron chi connectivity index (χ0n) is 14.9. The lowest BCUT2D eigenvalue weighted by atomic mass is 9.99. The van der Waals surface area contributed by atoms with Gasteiger partial charge in [-0.25, -0.2) is 4.98 Å². The number of methoxy groups -OCH3 is 2. The smallest absolute Gasteiger partial charge is 0.256 e. The van der Waals surface area contributed by atoms with Crippen molar-refractivity contribution in [1.82, 2.24) is 9.88 Å². The van der Waals surface area contributed by atoms with Gasteiger partial charge in [-0.1, -0.05) is 12.7 Å². The summed E-state index contributed by atoms with van der Waals surface area (Å²) in [4.78, 5) is 19.0. The molecule has 0 aliphatic carbocycles. The SMILES string of the molecule is C=C(/C=C\C(=C/C)OC)CN1C(=O)c2ccc(OC)nc2C1(C)C. The summed E-state index contributed by atoms with van der Waals surface area (Å²) in [7, 11) is 3.18. The first kappa shape index (κ1) is 17.8. The zero-order chi connectivity index (χ0) is 17.9. The molecule has 0 radical (unpaired) electrons. The van der Waals surface area contributed by atoms with Crippen molar-refractivity contribution in [1.29, 1.82) is 0 Å². The minimum absolute atomic E-state index is 0.0438. The quantitative estimate of drug-likeness (QED) is 0.593. The maximum atomic E-state index is 12.7. The molecule has 0 saturated carbocycles. The Kier molecular flexibility index (Phi) is 5.12. The molecule has 0 fully saturated rings. The molecule has 0 aromatic carbocycles. The lowest BCUT2D eigenvalue weighted by Gasteiger charge is -2.32. The number of allylic oxidation sites excluding steroid dienone is 2. The van der Waals surface area contributed by atoms with E-state index in [9.17, 15) is 4.79 Å². The molecule has 1 aromatic heterocycles. The van der Waals surface area contributed by atoms with Gasteiger partial charge in [0.05, 0.1) is 31.0 Å². The Bertz CT molecular complexity index is 717. The van der Waals surface area contributed by atoms with Crippen molar-refractivity contribution in [3.63, 3.8) is 0 Å². The minimum Gasteiger partial charge on any atom is -0.497 e. The second-order valence-corrected chi connectivity index (χ2v) is 6.09. The summed E-state index contributed by atoms with van der Waals surface area (Å²) >= 11 is 0. The van der Waals surface area contributed by atoms with Gasteiger partial charge in [-0.05, 0) is 44.6 Å². The Labute approximate surface area is 143 Å². The molecule has 0 saturated heterocycles. The number of carbonyl (C=O) groups is 1. The van der Waals surface area contributed by atoms with Gasteiger partial charge in [-0.15, -0.1) is 0 Å². The fourth-order valence-electron chi connectivity index (χ4n) is 2.73. The lowest BCUT2D eigenvalue weighted by Crippen LogP contribution is -2.40. The molecule has 1 aromatic rings. The Morgan fingerprint density at radius 2 is 2.04 bits per heavy atom. The first-order chi connectivity index (χ1) is 11.3. The zero-order valence-corrected chi connectivity index (χ0v) is 14.9. The van der Waals surface area contributed by atoms with E-state index in [1.165, 1.54) is 0 Å². The number of carbonyl (C=O) groups excluding carboxylic acids is 1. The minimum atomic E-state index is -0.525.